The van der Waals surface area contributed by atoms with Crippen molar-refractivity contribution < 1.29 is 9.53 Å². The largest absolute Gasteiger partial charge is 0.497 e. The van der Waals surface area contributed by atoms with Gasteiger partial charge in [-0.25, -0.2) is 4.98 Å². The van der Waals surface area contributed by atoms with Gasteiger partial charge in [-0.05, 0) is 36.4 Å². The van der Waals surface area contributed by atoms with E-state index in [2.05, 4.69) is 27.3 Å². The number of aromatic nitrogens is 1. The number of amides is 1. The number of nitrogens with one attached hydrogen (secondary N) is 1. The van der Waals surface area contributed by atoms with Gasteiger partial charge >= 0.3 is 0 Å². The number of anilines is 3. The van der Waals surface area contributed by atoms with Gasteiger partial charge in [0.2, 0.25) is 0 Å². The van der Waals surface area contributed by atoms with Gasteiger partial charge in [0.25, 0.3) is 5.91 Å². The Labute approximate surface area is 168 Å². The smallest absolute Gasteiger partial charge is 0.273 e. The average molecular weight is 395 g/mol. The van der Waals surface area contributed by atoms with Crippen molar-refractivity contribution in [2.45, 2.75) is 0 Å². The van der Waals surface area contributed by atoms with E-state index in [-0.39, 0.29) is 5.91 Å². The van der Waals surface area contributed by atoms with E-state index in [4.69, 9.17) is 4.74 Å². The number of thiazole rings is 1. The molecule has 2 heterocycles. The first kappa shape index (κ1) is 18.3. The van der Waals surface area contributed by atoms with Gasteiger partial charge < -0.3 is 19.9 Å². The minimum absolute atomic E-state index is 0.00765. The fraction of sp³-hybridized carbons (Fsp3) is 0.238. The first-order chi connectivity index (χ1) is 13.7. The van der Waals surface area contributed by atoms with Crippen LogP contribution in [0.3, 0.4) is 0 Å². The molecule has 6 nitrogen and oxygen atoms in total. The molecule has 0 aliphatic carbocycles. The molecular weight excluding hydrogens is 372 g/mol. The van der Waals surface area contributed by atoms with Crippen LogP contribution >= 0.6 is 11.3 Å². The summed E-state index contributed by atoms with van der Waals surface area (Å²) in [5.41, 5.74) is 2.61. The first-order valence-corrected chi connectivity index (χ1v) is 10.1. The van der Waals surface area contributed by atoms with Gasteiger partial charge in [0.05, 0.1) is 7.11 Å². The molecule has 1 aromatic heterocycles. The molecule has 0 atom stereocenters. The van der Waals surface area contributed by atoms with E-state index in [1.165, 1.54) is 17.0 Å². The molecule has 1 aliphatic heterocycles. The molecule has 28 heavy (non-hydrogen) atoms. The van der Waals surface area contributed by atoms with Gasteiger partial charge in [0, 0.05) is 42.9 Å². The number of piperazine rings is 1. The summed E-state index contributed by atoms with van der Waals surface area (Å²) in [7, 11) is 1.64. The number of methoxy groups -OCH3 is 1. The standard InChI is InChI=1S/C21H22N4O2S/c1-27-18-9-7-16(8-10-18)22-21-23-19(15-28-21)20(26)25-13-11-24(12-14-25)17-5-3-2-4-6-17/h2-10,15H,11-14H2,1H3,(H,22,23). The van der Waals surface area contributed by atoms with Crippen LogP contribution in [0.5, 0.6) is 5.75 Å². The molecule has 4 rings (SSSR count). The van der Waals surface area contributed by atoms with Crippen molar-refractivity contribution in [3.05, 3.63) is 65.7 Å². The SMILES string of the molecule is COc1ccc(Nc2nc(C(=O)N3CCN(c4ccccc4)CC3)cs2)cc1. The monoisotopic (exact) mass is 394 g/mol. The van der Waals surface area contributed by atoms with Crippen LogP contribution < -0.4 is 15.0 Å². The second kappa shape index (κ2) is 8.31. The van der Waals surface area contributed by atoms with Crippen molar-refractivity contribution in [2.24, 2.45) is 0 Å². The van der Waals surface area contributed by atoms with Gasteiger partial charge in [-0.3, -0.25) is 4.79 Å². The van der Waals surface area contributed by atoms with E-state index in [0.717, 1.165) is 24.5 Å². The van der Waals surface area contributed by atoms with Crippen molar-refractivity contribution in [3.8, 4) is 5.75 Å². The Balaban J connectivity index is 1.35. The van der Waals surface area contributed by atoms with Gasteiger partial charge in [-0.1, -0.05) is 18.2 Å². The lowest BCUT2D eigenvalue weighted by atomic mass is 10.2. The van der Waals surface area contributed by atoms with E-state index >= 15 is 0 Å². The highest BCUT2D eigenvalue weighted by atomic mass is 32.1. The zero-order chi connectivity index (χ0) is 19.3. The summed E-state index contributed by atoms with van der Waals surface area (Å²) in [6, 6.07) is 17.9. The molecule has 2 aromatic carbocycles. The normalized spacial score (nSPS) is 14.0. The van der Waals surface area contributed by atoms with E-state index in [0.29, 0.717) is 23.9 Å². The summed E-state index contributed by atoms with van der Waals surface area (Å²) < 4.78 is 5.16. The summed E-state index contributed by atoms with van der Waals surface area (Å²) in [5, 5.41) is 5.76. The molecular formula is C21H22N4O2S. The third-order valence-corrected chi connectivity index (χ3v) is 5.51. The second-order valence-electron chi connectivity index (χ2n) is 6.51. The molecule has 0 unspecified atom stereocenters. The lowest BCUT2D eigenvalue weighted by Gasteiger charge is -2.35. The van der Waals surface area contributed by atoms with E-state index in [1.54, 1.807) is 7.11 Å². The van der Waals surface area contributed by atoms with Crippen LogP contribution in [-0.4, -0.2) is 49.1 Å². The maximum atomic E-state index is 12.8. The number of hydrogen-bond acceptors (Lipinski definition) is 6. The summed E-state index contributed by atoms with van der Waals surface area (Å²) in [5.74, 6) is 0.793. The minimum Gasteiger partial charge on any atom is -0.497 e. The minimum atomic E-state index is -0.00765. The van der Waals surface area contributed by atoms with Crippen LogP contribution in [0.15, 0.2) is 60.0 Å². The Morgan fingerprint density at radius 1 is 1.04 bits per heavy atom. The van der Waals surface area contributed by atoms with Crippen molar-refractivity contribution in [1.29, 1.82) is 0 Å². The number of nitrogens with zero attached hydrogens (tertiary/aromatic N) is 3. The molecule has 1 saturated heterocycles. The summed E-state index contributed by atoms with van der Waals surface area (Å²) >= 11 is 1.43. The first-order valence-electron chi connectivity index (χ1n) is 9.19. The maximum Gasteiger partial charge on any atom is 0.273 e. The number of benzene rings is 2. The van der Waals surface area contributed by atoms with Crippen LogP contribution in [-0.2, 0) is 0 Å². The topological polar surface area (TPSA) is 57.7 Å². The van der Waals surface area contributed by atoms with E-state index in [9.17, 15) is 4.79 Å². The molecule has 7 heteroatoms. The zero-order valence-corrected chi connectivity index (χ0v) is 16.5. The molecule has 0 saturated carbocycles. The van der Waals surface area contributed by atoms with Crippen LogP contribution in [0.2, 0.25) is 0 Å². The molecule has 1 amide bonds. The molecule has 1 fully saturated rings. The predicted molar refractivity (Wildman–Crippen MR) is 113 cm³/mol. The molecule has 144 valence electrons. The lowest BCUT2D eigenvalue weighted by molar-refractivity contribution is 0.0742. The number of carbonyl (C=O) groups is 1. The van der Waals surface area contributed by atoms with Crippen molar-refractivity contribution in [1.82, 2.24) is 9.88 Å². The zero-order valence-electron chi connectivity index (χ0n) is 15.7. The molecule has 3 aromatic rings. The van der Waals surface area contributed by atoms with Crippen molar-refractivity contribution in [3.63, 3.8) is 0 Å². The van der Waals surface area contributed by atoms with Crippen LogP contribution in [0.1, 0.15) is 10.5 Å². The number of carbonyl (C=O) groups excluding carboxylic acids is 1. The van der Waals surface area contributed by atoms with Crippen LogP contribution in [0, 0.1) is 0 Å². The molecule has 1 N–H and O–H groups in total. The quantitative estimate of drug-likeness (QED) is 0.712. The van der Waals surface area contributed by atoms with Crippen molar-refractivity contribution in [2.75, 3.05) is 43.5 Å². The predicted octanol–water partition coefficient (Wildman–Crippen LogP) is 3.86. The summed E-state index contributed by atoms with van der Waals surface area (Å²) in [6.07, 6.45) is 0. The summed E-state index contributed by atoms with van der Waals surface area (Å²) in [6.45, 7) is 3.06. The average Bonchev–Trinajstić information content (AvgIpc) is 3.23. The molecule has 0 spiro atoms. The van der Waals surface area contributed by atoms with Crippen LogP contribution in [0.4, 0.5) is 16.5 Å². The fourth-order valence-corrected chi connectivity index (χ4v) is 3.90. The van der Waals surface area contributed by atoms with Gasteiger partial charge in [-0.2, -0.15) is 0 Å². The highest BCUT2D eigenvalue weighted by Crippen LogP contribution is 2.24. The van der Waals surface area contributed by atoms with Crippen LogP contribution in [0.25, 0.3) is 0 Å². The highest BCUT2D eigenvalue weighted by molar-refractivity contribution is 7.14. The number of rotatable bonds is 5. The van der Waals surface area contributed by atoms with Crippen molar-refractivity contribution >= 4 is 33.8 Å². The van der Waals surface area contributed by atoms with Gasteiger partial charge in [0.15, 0.2) is 5.13 Å². The molecule has 1 aliphatic rings. The number of para-hydroxylation sites is 1. The Morgan fingerprint density at radius 3 is 2.43 bits per heavy atom. The number of ether oxygens (including phenoxy) is 1. The molecule has 0 radical (unpaired) electrons. The third kappa shape index (κ3) is 4.09. The second-order valence-corrected chi connectivity index (χ2v) is 7.36. The van der Waals surface area contributed by atoms with E-state index < -0.39 is 0 Å². The van der Waals surface area contributed by atoms with Gasteiger partial charge in [0.1, 0.15) is 11.4 Å². The maximum absolute atomic E-state index is 12.8. The lowest BCUT2D eigenvalue weighted by Crippen LogP contribution is -2.48. The number of hydrogen-bond donors (Lipinski definition) is 1. The highest BCUT2D eigenvalue weighted by Gasteiger charge is 2.24. The Hall–Kier alpha value is -3.06. The van der Waals surface area contributed by atoms with E-state index in [1.807, 2.05) is 52.7 Å². The summed E-state index contributed by atoms with van der Waals surface area (Å²) in [4.78, 5) is 21.5. The third-order valence-electron chi connectivity index (χ3n) is 4.75. The Bertz CT molecular complexity index is 919. The Morgan fingerprint density at radius 2 is 1.75 bits per heavy atom. The van der Waals surface area contributed by atoms with Gasteiger partial charge in [-0.15, -0.1) is 11.3 Å². The fourth-order valence-electron chi connectivity index (χ4n) is 3.20. The molecule has 0 bridgehead atoms. The Kier molecular flexibility index (Phi) is 5.43.